The Labute approximate surface area is 89.0 Å². The Morgan fingerprint density at radius 2 is 2.21 bits per heavy atom. The molecule has 0 bridgehead atoms. The average Bonchev–Trinajstić information content (AvgIpc) is 2.57. The zero-order valence-electron chi connectivity index (χ0n) is 7.48. The van der Waals surface area contributed by atoms with Gasteiger partial charge in [0.05, 0.1) is 0 Å². The van der Waals surface area contributed by atoms with E-state index < -0.39 is 0 Å². The van der Waals surface area contributed by atoms with Crippen LogP contribution in [0.4, 0.5) is 5.69 Å². The van der Waals surface area contributed by atoms with Crippen LogP contribution in [0.3, 0.4) is 0 Å². The number of nitrogen functional groups attached to an aromatic ring is 1. The maximum absolute atomic E-state index is 5.75. The summed E-state index contributed by atoms with van der Waals surface area (Å²) in [4.78, 5) is 0. The molecule has 0 aliphatic rings. The summed E-state index contributed by atoms with van der Waals surface area (Å²) < 4.78 is 2.47. The molecule has 0 saturated carbocycles. The van der Waals surface area contributed by atoms with Gasteiger partial charge in [-0.05, 0) is 44.6 Å². The van der Waals surface area contributed by atoms with Crippen LogP contribution in [0.1, 0.15) is 0 Å². The second kappa shape index (κ2) is 3.38. The van der Waals surface area contributed by atoms with Gasteiger partial charge < -0.3 is 5.73 Å². The SMILES string of the molecule is Cn1nnnc1-c1ccc(Br)c(N)c1. The van der Waals surface area contributed by atoms with Crippen LogP contribution in [0.5, 0.6) is 0 Å². The number of tetrazole rings is 1. The first kappa shape index (κ1) is 9.14. The van der Waals surface area contributed by atoms with Crippen LogP contribution >= 0.6 is 15.9 Å². The molecule has 1 aromatic heterocycles. The molecule has 0 aliphatic carbocycles. The van der Waals surface area contributed by atoms with Crippen molar-refractivity contribution >= 4 is 21.6 Å². The van der Waals surface area contributed by atoms with E-state index in [0.29, 0.717) is 11.5 Å². The van der Waals surface area contributed by atoms with Gasteiger partial charge in [0.1, 0.15) is 0 Å². The van der Waals surface area contributed by atoms with E-state index in [9.17, 15) is 0 Å². The fourth-order valence-corrected chi connectivity index (χ4v) is 1.40. The van der Waals surface area contributed by atoms with Crippen LogP contribution in [-0.2, 0) is 7.05 Å². The van der Waals surface area contributed by atoms with Gasteiger partial charge in [-0.25, -0.2) is 4.68 Å². The van der Waals surface area contributed by atoms with E-state index in [4.69, 9.17) is 5.73 Å². The largest absolute Gasteiger partial charge is 0.398 e. The van der Waals surface area contributed by atoms with Crippen LogP contribution in [0.2, 0.25) is 0 Å². The van der Waals surface area contributed by atoms with Gasteiger partial charge in [0.15, 0.2) is 5.82 Å². The number of benzene rings is 1. The number of aryl methyl sites for hydroxylation is 1. The van der Waals surface area contributed by atoms with Crippen molar-refractivity contribution in [3.63, 3.8) is 0 Å². The van der Waals surface area contributed by atoms with Crippen molar-refractivity contribution in [2.45, 2.75) is 0 Å². The van der Waals surface area contributed by atoms with Crippen LogP contribution in [0.15, 0.2) is 22.7 Å². The minimum absolute atomic E-state index is 0.672. The molecule has 5 nitrogen and oxygen atoms in total. The lowest BCUT2D eigenvalue weighted by atomic mass is 10.2. The van der Waals surface area contributed by atoms with Crippen molar-refractivity contribution in [1.29, 1.82) is 0 Å². The summed E-state index contributed by atoms with van der Waals surface area (Å²) in [6.07, 6.45) is 0. The van der Waals surface area contributed by atoms with Gasteiger partial charge in [-0.3, -0.25) is 0 Å². The van der Waals surface area contributed by atoms with Crippen LogP contribution in [0, 0.1) is 0 Å². The molecule has 72 valence electrons. The maximum atomic E-state index is 5.75. The monoisotopic (exact) mass is 253 g/mol. The highest BCUT2D eigenvalue weighted by atomic mass is 79.9. The number of nitrogens with two attached hydrogens (primary N) is 1. The van der Waals surface area contributed by atoms with E-state index in [2.05, 4.69) is 31.5 Å². The van der Waals surface area contributed by atoms with E-state index >= 15 is 0 Å². The summed E-state index contributed by atoms with van der Waals surface area (Å²) in [5.41, 5.74) is 7.32. The number of hydrogen-bond acceptors (Lipinski definition) is 4. The minimum Gasteiger partial charge on any atom is -0.398 e. The van der Waals surface area contributed by atoms with Gasteiger partial charge in [0.2, 0.25) is 0 Å². The lowest BCUT2D eigenvalue weighted by Gasteiger charge is -2.01. The number of halogens is 1. The Hall–Kier alpha value is -1.43. The Kier molecular flexibility index (Phi) is 2.20. The van der Waals surface area contributed by atoms with Crippen molar-refractivity contribution < 1.29 is 0 Å². The van der Waals surface area contributed by atoms with Crippen molar-refractivity contribution in [3.8, 4) is 11.4 Å². The van der Waals surface area contributed by atoms with Gasteiger partial charge in [-0.1, -0.05) is 0 Å². The second-order valence-electron chi connectivity index (χ2n) is 2.86. The predicted octanol–water partition coefficient (Wildman–Crippen LogP) is 1.22. The molecule has 0 radical (unpaired) electrons. The van der Waals surface area contributed by atoms with Gasteiger partial charge in [0, 0.05) is 22.8 Å². The summed E-state index contributed by atoms with van der Waals surface area (Å²) in [6.45, 7) is 0. The first-order chi connectivity index (χ1) is 6.68. The second-order valence-corrected chi connectivity index (χ2v) is 3.72. The number of rotatable bonds is 1. The highest BCUT2D eigenvalue weighted by Gasteiger charge is 2.06. The fourth-order valence-electron chi connectivity index (χ4n) is 1.16. The molecule has 1 heterocycles. The average molecular weight is 254 g/mol. The first-order valence-corrected chi connectivity index (χ1v) is 4.75. The van der Waals surface area contributed by atoms with Crippen LogP contribution in [0.25, 0.3) is 11.4 Å². The summed E-state index contributed by atoms with van der Waals surface area (Å²) in [6, 6.07) is 5.61. The van der Waals surface area contributed by atoms with Crippen molar-refractivity contribution in [1.82, 2.24) is 20.2 Å². The lowest BCUT2D eigenvalue weighted by molar-refractivity contribution is 0.715. The quantitative estimate of drug-likeness (QED) is 0.777. The molecule has 0 unspecified atom stereocenters. The van der Waals surface area contributed by atoms with Gasteiger partial charge in [-0.2, -0.15) is 0 Å². The third-order valence-corrected chi connectivity index (χ3v) is 2.60. The molecule has 0 atom stereocenters. The number of aromatic nitrogens is 4. The Morgan fingerprint density at radius 3 is 2.79 bits per heavy atom. The third kappa shape index (κ3) is 1.48. The number of anilines is 1. The van der Waals surface area contributed by atoms with Gasteiger partial charge in [-0.15, -0.1) is 5.10 Å². The molecular formula is C8H8BrN5. The molecular weight excluding hydrogens is 246 g/mol. The molecule has 0 amide bonds. The standard InChI is InChI=1S/C8H8BrN5/c1-14-8(11-12-13-14)5-2-3-6(9)7(10)4-5/h2-4H,10H2,1H3. The maximum Gasteiger partial charge on any atom is 0.181 e. The normalized spacial score (nSPS) is 10.4. The Bertz CT molecular complexity index is 465. The van der Waals surface area contributed by atoms with Crippen molar-refractivity contribution in [2.24, 2.45) is 7.05 Å². The van der Waals surface area contributed by atoms with Crippen LogP contribution < -0.4 is 5.73 Å². The molecule has 1 aromatic carbocycles. The molecule has 0 fully saturated rings. The lowest BCUT2D eigenvalue weighted by Crippen LogP contribution is -1.95. The first-order valence-electron chi connectivity index (χ1n) is 3.96. The molecule has 2 N–H and O–H groups in total. The van der Waals surface area contributed by atoms with Gasteiger partial charge in [0.25, 0.3) is 0 Å². The summed E-state index contributed by atoms with van der Waals surface area (Å²) in [5.74, 6) is 0.698. The molecule has 14 heavy (non-hydrogen) atoms. The minimum atomic E-state index is 0.672. The fraction of sp³-hybridized carbons (Fsp3) is 0.125. The molecule has 0 saturated heterocycles. The van der Waals surface area contributed by atoms with E-state index in [-0.39, 0.29) is 0 Å². The zero-order valence-corrected chi connectivity index (χ0v) is 9.06. The summed E-state index contributed by atoms with van der Waals surface area (Å²) >= 11 is 3.33. The topological polar surface area (TPSA) is 69.6 Å². The molecule has 2 aromatic rings. The molecule has 0 spiro atoms. The smallest absolute Gasteiger partial charge is 0.181 e. The third-order valence-electron chi connectivity index (χ3n) is 1.87. The van der Waals surface area contributed by atoms with E-state index in [1.807, 2.05) is 18.2 Å². The highest BCUT2D eigenvalue weighted by Crippen LogP contribution is 2.24. The summed E-state index contributed by atoms with van der Waals surface area (Å²) in [7, 11) is 1.79. The van der Waals surface area contributed by atoms with E-state index in [1.54, 1.807) is 11.7 Å². The molecule has 6 heteroatoms. The van der Waals surface area contributed by atoms with Gasteiger partial charge >= 0.3 is 0 Å². The Morgan fingerprint density at radius 1 is 1.43 bits per heavy atom. The van der Waals surface area contributed by atoms with Crippen molar-refractivity contribution in [2.75, 3.05) is 5.73 Å². The zero-order chi connectivity index (χ0) is 10.1. The molecule has 2 rings (SSSR count). The Balaban J connectivity index is 2.53. The number of hydrogen-bond donors (Lipinski definition) is 1. The molecule has 0 aliphatic heterocycles. The van der Waals surface area contributed by atoms with E-state index in [0.717, 1.165) is 10.0 Å². The van der Waals surface area contributed by atoms with Crippen molar-refractivity contribution in [3.05, 3.63) is 22.7 Å². The number of nitrogens with zero attached hydrogens (tertiary/aromatic N) is 4. The highest BCUT2D eigenvalue weighted by molar-refractivity contribution is 9.10. The van der Waals surface area contributed by atoms with Crippen LogP contribution in [-0.4, -0.2) is 20.2 Å². The van der Waals surface area contributed by atoms with E-state index in [1.165, 1.54) is 0 Å². The summed E-state index contributed by atoms with van der Waals surface area (Å²) in [5, 5.41) is 11.2. The predicted molar refractivity (Wildman–Crippen MR) is 56.3 cm³/mol.